The third-order valence-corrected chi connectivity index (χ3v) is 1.80. The number of nitrogens with two attached hydrogens (primary N) is 1. The van der Waals surface area contributed by atoms with Crippen LogP contribution in [0.4, 0.5) is 5.69 Å². The minimum atomic E-state index is -0.0649. The summed E-state index contributed by atoms with van der Waals surface area (Å²) in [5, 5.41) is 9.31. The zero-order chi connectivity index (χ0) is 7.72. The van der Waals surface area contributed by atoms with Crippen LogP contribution in [0.5, 0.6) is 5.75 Å². The van der Waals surface area contributed by atoms with Crippen LogP contribution in [-0.2, 0) is 0 Å². The Morgan fingerprint density at radius 3 is 2.15 bits per heavy atom. The molecule has 0 unspecified atom stereocenters. The van der Waals surface area contributed by atoms with Crippen LogP contribution in [0.2, 0.25) is 5.02 Å². The van der Waals surface area contributed by atoms with Gasteiger partial charge < -0.3 is 35.7 Å². The maximum atomic E-state index is 9.05. The van der Waals surface area contributed by atoms with E-state index in [1.54, 1.807) is 12.1 Å². The summed E-state index contributed by atoms with van der Waals surface area (Å²) in [6, 6.07) is 3.16. The van der Waals surface area contributed by atoms with Crippen LogP contribution in [0, 0.1) is 0 Å². The molecular formula is C6H5BrCaCl3NO. The number of halogens is 4. The van der Waals surface area contributed by atoms with E-state index in [1.807, 2.05) is 0 Å². The van der Waals surface area contributed by atoms with E-state index >= 15 is 0 Å². The molecule has 3 N–H and O–H groups in total. The van der Waals surface area contributed by atoms with Gasteiger partial charge >= 0.3 is 37.7 Å². The summed E-state index contributed by atoms with van der Waals surface area (Å²) in [6.45, 7) is 0. The van der Waals surface area contributed by atoms with Gasteiger partial charge in [-0.15, -0.1) is 0 Å². The predicted molar refractivity (Wildman–Crippen MR) is 51.0 cm³/mol. The fourth-order valence-electron chi connectivity index (χ4n) is 0.586. The van der Waals surface area contributed by atoms with Crippen LogP contribution in [0.25, 0.3) is 0 Å². The second kappa shape index (κ2) is 8.72. The maximum Gasteiger partial charge on any atom is 2.00 e. The Hall–Kier alpha value is 1.43. The Balaban J connectivity index is -0.000000333. The molecule has 0 saturated carbocycles. The second-order valence-electron chi connectivity index (χ2n) is 1.83. The van der Waals surface area contributed by atoms with Crippen molar-refractivity contribution in [3.05, 3.63) is 21.6 Å². The molecule has 0 aliphatic carbocycles. The minimum Gasteiger partial charge on any atom is -1.00 e. The number of hydrogen-bond acceptors (Lipinski definition) is 2. The van der Waals surface area contributed by atoms with E-state index < -0.39 is 0 Å². The number of benzene rings is 1. The van der Waals surface area contributed by atoms with Crippen LogP contribution in [0.15, 0.2) is 16.6 Å². The van der Waals surface area contributed by atoms with Crippen molar-refractivity contribution >= 4 is 71.0 Å². The molecule has 0 radical (unpaired) electrons. The molecule has 13 heavy (non-hydrogen) atoms. The summed E-state index contributed by atoms with van der Waals surface area (Å²) in [4.78, 5) is 0. The molecule has 0 aliphatic rings. The van der Waals surface area contributed by atoms with E-state index in [9.17, 15) is 0 Å². The van der Waals surface area contributed by atoms with E-state index in [0.29, 0.717) is 0 Å². The van der Waals surface area contributed by atoms with Crippen LogP contribution in [0.1, 0.15) is 0 Å². The quantitative estimate of drug-likeness (QED) is 0.289. The van der Waals surface area contributed by atoms with Crippen molar-refractivity contribution in [2.45, 2.75) is 0 Å². The number of hydrogen-bond donors (Lipinski definition) is 2. The Morgan fingerprint density at radius 2 is 1.77 bits per heavy atom. The first-order chi connectivity index (χ1) is 4.61. The molecule has 1 aromatic carbocycles. The maximum absolute atomic E-state index is 9.05. The third kappa shape index (κ3) is 5.78. The summed E-state index contributed by atoms with van der Waals surface area (Å²) in [6.07, 6.45) is 0. The zero-order valence-corrected chi connectivity index (χ0v) is 12.5. The molecule has 0 aromatic heterocycles. The Kier molecular flexibility index (Phi) is 13.4. The monoisotopic (exact) mass is 331 g/mol. The van der Waals surface area contributed by atoms with Gasteiger partial charge in [-0.3, -0.25) is 0 Å². The summed E-state index contributed by atoms with van der Waals surface area (Å²) < 4.78 is 0.757. The zero-order valence-electron chi connectivity index (χ0n) is 6.40. The number of aromatic hydroxyl groups is 1. The van der Waals surface area contributed by atoms with Crippen LogP contribution < -0.4 is 30.5 Å². The van der Waals surface area contributed by atoms with E-state index in [4.69, 9.17) is 22.4 Å². The number of nitrogen functional groups attached to an aromatic ring is 1. The van der Waals surface area contributed by atoms with Gasteiger partial charge in [-0.05, 0) is 12.1 Å². The first-order valence-electron chi connectivity index (χ1n) is 2.54. The molecule has 0 heterocycles. The topological polar surface area (TPSA) is 46.2 Å². The molecule has 0 saturated heterocycles. The number of rotatable bonds is 0. The molecule has 0 amide bonds. The Morgan fingerprint density at radius 1 is 1.31 bits per heavy atom. The van der Waals surface area contributed by atoms with Gasteiger partial charge in [0, 0.05) is 4.47 Å². The Labute approximate surface area is 132 Å². The SMILES string of the molecule is Nc1cc(Br)cc(Cl)c1O.[Ca+2].[Cl-].[Cl-]. The molecule has 2 nitrogen and oxygen atoms in total. The van der Waals surface area contributed by atoms with Crippen molar-refractivity contribution in [1.29, 1.82) is 0 Å². The van der Waals surface area contributed by atoms with Gasteiger partial charge in [-0.2, -0.15) is 0 Å². The third-order valence-electron chi connectivity index (χ3n) is 1.06. The fraction of sp³-hybridized carbons (Fsp3) is 0. The normalized spacial score (nSPS) is 7.54. The molecule has 7 heteroatoms. The molecule has 0 fully saturated rings. The first kappa shape index (κ1) is 19.9. The van der Waals surface area contributed by atoms with Gasteiger partial charge in [0.1, 0.15) is 0 Å². The molecule has 70 valence electrons. The van der Waals surface area contributed by atoms with Crippen LogP contribution in [0.3, 0.4) is 0 Å². The average Bonchev–Trinajstić information content (AvgIpc) is 1.82. The smallest absolute Gasteiger partial charge is 1.00 e. The standard InChI is InChI=1S/C6H5BrClNO.Ca.2ClH/c7-3-1-4(8)6(10)5(9)2-3;;;/h1-2,10H,9H2;;2*1H/q;+2;;/p-2. The van der Waals surface area contributed by atoms with Crippen molar-refractivity contribution in [2.75, 3.05) is 5.73 Å². The first-order valence-corrected chi connectivity index (χ1v) is 3.72. The van der Waals surface area contributed by atoms with Crippen molar-refractivity contribution < 1.29 is 29.9 Å². The molecular weight excluding hydrogens is 328 g/mol. The van der Waals surface area contributed by atoms with Gasteiger partial charge in [-0.25, -0.2) is 0 Å². The van der Waals surface area contributed by atoms with E-state index in [-0.39, 0.29) is 79.0 Å². The second-order valence-corrected chi connectivity index (χ2v) is 3.15. The number of phenols is 1. The van der Waals surface area contributed by atoms with E-state index in [2.05, 4.69) is 15.9 Å². The van der Waals surface area contributed by atoms with Gasteiger partial charge in [0.15, 0.2) is 5.75 Å². The molecule has 0 spiro atoms. The average molecular weight is 333 g/mol. The minimum absolute atomic E-state index is 0. The van der Waals surface area contributed by atoms with Crippen molar-refractivity contribution in [3.63, 3.8) is 0 Å². The summed E-state index contributed by atoms with van der Waals surface area (Å²) in [7, 11) is 0. The predicted octanol–water partition coefficient (Wildman–Crippen LogP) is -3.98. The summed E-state index contributed by atoms with van der Waals surface area (Å²) in [5.74, 6) is -0.0649. The number of phenolic OH excluding ortho intramolecular Hbond substituents is 1. The van der Waals surface area contributed by atoms with Gasteiger partial charge in [-0.1, -0.05) is 27.5 Å². The van der Waals surface area contributed by atoms with Crippen molar-refractivity contribution in [1.82, 2.24) is 0 Å². The van der Waals surface area contributed by atoms with Gasteiger partial charge in [0.05, 0.1) is 10.7 Å². The largest absolute Gasteiger partial charge is 2.00 e. The van der Waals surface area contributed by atoms with Crippen molar-refractivity contribution in [2.24, 2.45) is 0 Å². The summed E-state index contributed by atoms with van der Waals surface area (Å²) >= 11 is 8.73. The van der Waals surface area contributed by atoms with Crippen LogP contribution in [-0.4, -0.2) is 42.8 Å². The van der Waals surface area contributed by atoms with E-state index in [0.717, 1.165) is 4.47 Å². The molecule has 1 aromatic rings. The molecule has 0 atom stereocenters. The molecule has 0 bridgehead atoms. The van der Waals surface area contributed by atoms with Crippen molar-refractivity contribution in [3.8, 4) is 5.75 Å². The van der Waals surface area contributed by atoms with E-state index in [1.165, 1.54) is 0 Å². The van der Waals surface area contributed by atoms with Gasteiger partial charge in [0.2, 0.25) is 0 Å². The van der Waals surface area contributed by atoms with Crippen LogP contribution >= 0.6 is 27.5 Å². The Bertz CT molecular complexity index is 251. The molecule has 0 aliphatic heterocycles. The summed E-state index contributed by atoms with van der Waals surface area (Å²) in [5.41, 5.74) is 5.63. The van der Waals surface area contributed by atoms with Gasteiger partial charge in [0.25, 0.3) is 0 Å². The fourth-order valence-corrected chi connectivity index (χ4v) is 1.42. The number of anilines is 1. The molecule has 1 rings (SSSR count).